The predicted molar refractivity (Wildman–Crippen MR) is 107 cm³/mol. The first-order valence-corrected chi connectivity index (χ1v) is 8.91. The molecule has 3 aromatic rings. The minimum atomic E-state index is 0.926. The van der Waals surface area contributed by atoms with Crippen LogP contribution in [0.1, 0.15) is 23.6 Å². The van der Waals surface area contributed by atoms with Crippen molar-refractivity contribution in [3.05, 3.63) is 108 Å². The maximum Gasteiger partial charge on any atom is 0.0208 e. The summed E-state index contributed by atoms with van der Waals surface area (Å²) in [6.45, 7) is 5.99. The molecule has 3 rings (SSSR count). The first kappa shape index (κ1) is 18.9. The van der Waals surface area contributed by atoms with Crippen molar-refractivity contribution in [2.45, 2.75) is 26.6 Å². The molecule has 0 aliphatic rings. The van der Waals surface area contributed by atoms with E-state index in [1.54, 1.807) is 0 Å². The molecular formula is C23H28N2. The molecule has 0 unspecified atom stereocenters. The molecule has 130 valence electrons. The largest absolute Gasteiger partial charge is 0.313 e. The Balaban J connectivity index is 0.000000196. The van der Waals surface area contributed by atoms with Crippen molar-refractivity contribution in [2.24, 2.45) is 0 Å². The van der Waals surface area contributed by atoms with Gasteiger partial charge in [0, 0.05) is 19.6 Å². The highest BCUT2D eigenvalue weighted by Gasteiger charge is 1.92. The Bertz CT molecular complexity index is 627. The third-order valence-electron chi connectivity index (χ3n) is 3.77. The van der Waals surface area contributed by atoms with Crippen molar-refractivity contribution in [3.8, 4) is 0 Å². The van der Waals surface area contributed by atoms with Gasteiger partial charge in [0.1, 0.15) is 0 Å². The fraction of sp³-hybridized carbons (Fsp3) is 0.217. The molecule has 0 bridgehead atoms. The van der Waals surface area contributed by atoms with Gasteiger partial charge in [-0.3, -0.25) is 0 Å². The quantitative estimate of drug-likeness (QED) is 0.651. The molecule has 0 saturated carbocycles. The monoisotopic (exact) mass is 332 g/mol. The summed E-state index contributed by atoms with van der Waals surface area (Å²) in [5.41, 5.74) is 4.01. The van der Waals surface area contributed by atoms with Crippen LogP contribution in [-0.4, -0.2) is 6.54 Å². The van der Waals surface area contributed by atoms with Gasteiger partial charge in [-0.2, -0.15) is 0 Å². The van der Waals surface area contributed by atoms with Crippen molar-refractivity contribution in [1.82, 2.24) is 10.6 Å². The second kappa shape index (κ2) is 12.0. The van der Waals surface area contributed by atoms with Crippen molar-refractivity contribution in [1.29, 1.82) is 0 Å². The molecule has 0 aliphatic carbocycles. The van der Waals surface area contributed by atoms with E-state index in [1.807, 2.05) is 18.2 Å². The Morgan fingerprint density at radius 2 is 0.800 bits per heavy atom. The lowest BCUT2D eigenvalue weighted by Gasteiger charge is -2.04. The maximum atomic E-state index is 3.42. The van der Waals surface area contributed by atoms with Gasteiger partial charge in [-0.1, -0.05) is 97.9 Å². The van der Waals surface area contributed by atoms with E-state index in [0.29, 0.717) is 0 Å². The van der Waals surface area contributed by atoms with E-state index in [2.05, 4.69) is 90.4 Å². The van der Waals surface area contributed by atoms with Crippen LogP contribution >= 0.6 is 0 Å². The molecule has 3 aromatic carbocycles. The van der Waals surface area contributed by atoms with Crippen molar-refractivity contribution < 1.29 is 0 Å². The SMILES string of the molecule is CCNCc1ccccc1.c1ccc(CNCc2ccccc2)cc1. The maximum absolute atomic E-state index is 3.42. The average molecular weight is 332 g/mol. The number of benzene rings is 3. The molecule has 0 atom stereocenters. The van der Waals surface area contributed by atoms with Crippen molar-refractivity contribution >= 4 is 0 Å². The highest BCUT2D eigenvalue weighted by molar-refractivity contribution is 5.16. The summed E-state index contributed by atoms with van der Waals surface area (Å²) in [4.78, 5) is 0. The molecule has 0 heterocycles. The van der Waals surface area contributed by atoms with Crippen LogP contribution in [0.4, 0.5) is 0 Å². The molecule has 2 heteroatoms. The smallest absolute Gasteiger partial charge is 0.0208 e. The highest BCUT2D eigenvalue weighted by Crippen LogP contribution is 2.00. The Labute approximate surface area is 151 Å². The topological polar surface area (TPSA) is 24.1 Å². The molecule has 0 spiro atoms. The zero-order valence-corrected chi connectivity index (χ0v) is 15.0. The Morgan fingerprint density at radius 1 is 0.480 bits per heavy atom. The third kappa shape index (κ3) is 8.30. The first-order valence-electron chi connectivity index (χ1n) is 8.91. The van der Waals surface area contributed by atoms with Crippen LogP contribution in [-0.2, 0) is 19.6 Å². The lowest BCUT2D eigenvalue weighted by Crippen LogP contribution is -2.12. The number of rotatable bonds is 7. The standard InChI is InChI=1S/C14H15N.C9H13N/c1-3-7-13(8-4-1)11-15-12-14-9-5-2-6-10-14;1-2-10-8-9-6-4-3-5-7-9/h1-10,15H,11-12H2;3-7,10H,2,8H2,1H3. The molecule has 25 heavy (non-hydrogen) atoms. The van der Waals surface area contributed by atoms with Gasteiger partial charge in [0.15, 0.2) is 0 Å². The molecule has 2 N–H and O–H groups in total. The van der Waals surface area contributed by atoms with Crippen LogP contribution in [0.2, 0.25) is 0 Å². The second-order valence-corrected chi connectivity index (χ2v) is 5.84. The Kier molecular flexibility index (Phi) is 9.09. The van der Waals surface area contributed by atoms with Gasteiger partial charge < -0.3 is 10.6 Å². The van der Waals surface area contributed by atoms with Crippen molar-refractivity contribution in [3.63, 3.8) is 0 Å². The van der Waals surface area contributed by atoms with Crippen LogP contribution in [0.15, 0.2) is 91.0 Å². The van der Waals surface area contributed by atoms with E-state index in [1.165, 1.54) is 16.7 Å². The van der Waals surface area contributed by atoms with E-state index in [9.17, 15) is 0 Å². The fourth-order valence-corrected chi connectivity index (χ4v) is 2.41. The third-order valence-corrected chi connectivity index (χ3v) is 3.77. The normalized spacial score (nSPS) is 9.96. The van der Waals surface area contributed by atoms with Crippen LogP contribution in [0.5, 0.6) is 0 Å². The molecule has 0 aliphatic heterocycles. The van der Waals surface area contributed by atoms with Crippen LogP contribution < -0.4 is 10.6 Å². The van der Waals surface area contributed by atoms with Gasteiger partial charge in [0.05, 0.1) is 0 Å². The summed E-state index contributed by atoms with van der Waals surface area (Å²) in [5, 5.41) is 6.68. The van der Waals surface area contributed by atoms with Gasteiger partial charge in [-0.15, -0.1) is 0 Å². The summed E-state index contributed by atoms with van der Waals surface area (Å²) in [7, 11) is 0. The van der Waals surface area contributed by atoms with E-state index >= 15 is 0 Å². The van der Waals surface area contributed by atoms with Gasteiger partial charge >= 0.3 is 0 Å². The minimum absolute atomic E-state index is 0.926. The highest BCUT2D eigenvalue weighted by atomic mass is 14.8. The molecule has 0 aromatic heterocycles. The van der Waals surface area contributed by atoms with Gasteiger partial charge in [-0.05, 0) is 23.2 Å². The van der Waals surface area contributed by atoms with Gasteiger partial charge in [0.2, 0.25) is 0 Å². The van der Waals surface area contributed by atoms with Crippen molar-refractivity contribution in [2.75, 3.05) is 6.54 Å². The Morgan fingerprint density at radius 3 is 1.12 bits per heavy atom. The summed E-state index contributed by atoms with van der Waals surface area (Å²) in [6.07, 6.45) is 0. The minimum Gasteiger partial charge on any atom is -0.313 e. The molecule has 0 radical (unpaired) electrons. The van der Waals surface area contributed by atoms with Crippen LogP contribution in [0, 0.1) is 0 Å². The van der Waals surface area contributed by atoms with E-state index in [-0.39, 0.29) is 0 Å². The van der Waals surface area contributed by atoms with Crippen LogP contribution in [0.3, 0.4) is 0 Å². The van der Waals surface area contributed by atoms with E-state index < -0.39 is 0 Å². The van der Waals surface area contributed by atoms with Gasteiger partial charge in [-0.25, -0.2) is 0 Å². The summed E-state index contributed by atoms with van der Waals surface area (Å²) in [5.74, 6) is 0. The molecule has 0 amide bonds. The molecular weight excluding hydrogens is 304 g/mol. The van der Waals surface area contributed by atoms with E-state index in [0.717, 1.165) is 26.2 Å². The molecule has 2 nitrogen and oxygen atoms in total. The molecule has 0 fully saturated rings. The van der Waals surface area contributed by atoms with E-state index in [4.69, 9.17) is 0 Å². The Hall–Kier alpha value is -2.42. The predicted octanol–water partition coefficient (Wildman–Crippen LogP) is 4.77. The number of nitrogens with one attached hydrogen (secondary N) is 2. The summed E-state index contributed by atoms with van der Waals surface area (Å²) < 4.78 is 0. The average Bonchev–Trinajstić information content (AvgIpc) is 2.69. The zero-order valence-electron chi connectivity index (χ0n) is 15.0. The molecule has 0 saturated heterocycles. The lowest BCUT2D eigenvalue weighted by molar-refractivity contribution is 0.693. The van der Waals surface area contributed by atoms with Gasteiger partial charge in [0.25, 0.3) is 0 Å². The van der Waals surface area contributed by atoms with Crippen LogP contribution in [0.25, 0.3) is 0 Å². The lowest BCUT2D eigenvalue weighted by atomic mass is 10.2. The first-order chi connectivity index (χ1) is 12.4. The zero-order chi connectivity index (χ0) is 17.6. The number of hydrogen-bond donors (Lipinski definition) is 2. The summed E-state index contributed by atoms with van der Waals surface area (Å²) in [6, 6.07) is 31.3. The second-order valence-electron chi connectivity index (χ2n) is 5.84. The summed E-state index contributed by atoms with van der Waals surface area (Å²) >= 11 is 0. The fourth-order valence-electron chi connectivity index (χ4n) is 2.41. The number of hydrogen-bond acceptors (Lipinski definition) is 2.